The first-order chi connectivity index (χ1) is 12.1. The third-order valence-electron chi connectivity index (χ3n) is 4.96. The summed E-state index contributed by atoms with van der Waals surface area (Å²) in [7, 11) is 1.57. The number of piperidine rings is 1. The maximum absolute atomic E-state index is 12.6. The zero-order chi connectivity index (χ0) is 17.8. The third kappa shape index (κ3) is 4.52. The number of amides is 3. The summed E-state index contributed by atoms with van der Waals surface area (Å²) in [6, 6.07) is 5.24. The zero-order valence-electron chi connectivity index (χ0n) is 15.1. The topological polar surface area (TPSA) is 87.9 Å². The van der Waals surface area contributed by atoms with Gasteiger partial charge in [0.05, 0.1) is 24.4 Å². The van der Waals surface area contributed by atoms with Crippen molar-refractivity contribution in [2.24, 2.45) is 5.92 Å². The summed E-state index contributed by atoms with van der Waals surface area (Å²) in [6.45, 7) is 2.84. The van der Waals surface area contributed by atoms with Crippen molar-refractivity contribution in [2.75, 3.05) is 44.3 Å². The molecular weight excluding hydrogens is 356 g/mol. The van der Waals surface area contributed by atoms with E-state index in [1.54, 1.807) is 25.3 Å². The number of ether oxygens (including phenoxy) is 1. The van der Waals surface area contributed by atoms with Crippen LogP contribution in [0.25, 0.3) is 0 Å². The van der Waals surface area contributed by atoms with Crippen molar-refractivity contribution in [3.8, 4) is 5.75 Å². The number of hydrogen-bond donors (Lipinski definition) is 2. The number of methoxy groups -OCH3 is 1. The third-order valence-corrected chi connectivity index (χ3v) is 4.96. The van der Waals surface area contributed by atoms with E-state index in [0.717, 1.165) is 45.3 Å². The van der Waals surface area contributed by atoms with E-state index >= 15 is 0 Å². The van der Waals surface area contributed by atoms with Crippen LogP contribution in [0.2, 0.25) is 0 Å². The Morgan fingerprint density at radius 3 is 2.54 bits per heavy atom. The first kappa shape index (κ1) is 20.2. The number of anilines is 2. The summed E-state index contributed by atoms with van der Waals surface area (Å²) in [6.07, 6.45) is 3.75. The molecule has 2 heterocycles. The van der Waals surface area contributed by atoms with Crippen molar-refractivity contribution in [1.82, 2.24) is 9.80 Å². The summed E-state index contributed by atoms with van der Waals surface area (Å²) < 4.78 is 5.18. The molecule has 0 aliphatic carbocycles. The Bertz CT molecular complexity index is 649. The molecule has 3 rings (SSSR count). The highest BCUT2D eigenvalue weighted by Gasteiger charge is 2.31. The fraction of sp³-hybridized carbons (Fsp3) is 0.556. The van der Waals surface area contributed by atoms with Gasteiger partial charge in [0.1, 0.15) is 5.75 Å². The Hall–Kier alpha value is -2.15. The van der Waals surface area contributed by atoms with Crippen LogP contribution in [-0.2, 0) is 4.79 Å². The molecule has 26 heavy (non-hydrogen) atoms. The number of rotatable bonds is 3. The van der Waals surface area contributed by atoms with E-state index in [9.17, 15) is 9.59 Å². The van der Waals surface area contributed by atoms with Crippen LogP contribution in [0, 0.1) is 5.92 Å². The number of nitrogens with zero attached hydrogens (tertiary/aromatic N) is 2. The standard InChI is InChI=1S/C18H26N4O3.ClH/c1-25-14-6-7-15(19)16(11-14)20-17(23)13-5-4-10-22(12-13)18(24)21-8-2-3-9-21;/h6-7,11,13H,2-5,8-10,12,19H2,1H3,(H,20,23);1H. The second-order valence-electron chi connectivity index (χ2n) is 6.70. The molecule has 0 radical (unpaired) electrons. The Balaban J connectivity index is 0.00000243. The first-order valence-electron chi connectivity index (χ1n) is 8.86. The molecule has 0 spiro atoms. The molecule has 7 nitrogen and oxygen atoms in total. The average Bonchev–Trinajstić information content (AvgIpc) is 3.17. The van der Waals surface area contributed by atoms with E-state index in [0.29, 0.717) is 23.7 Å². The van der Waals surface area contributed by atoms with Crippen LogP contribution in [0.5, 0.6) is 5.75 Å². The number of nitrogens with one attached hydrogen (secondary N) is 1. The van der Waals surface area contributed by atoms with Crippen molar-refractivity contribution in [1.29, 1.82) is 0 Å². The summed E-state index contributed by atoms with van der Waals surface area (Å²) in [5.74, 6) is 0.323. The van der Waals surface area contributed by atoms with Gasteiger partial charge in [0, 0.05) is 32.2 Å². The average molecular weight is 383 g/mol. The molecule has 2 fully saturated rings. The smallest absolute Gasteiger partial charge is 0.320 e. The molecule has 2 saturated heterocycles. The van der Waals surface area contributed by atoms with Gasteiger partial charge in [0.25, 0.3) is 0 Å². The molecule has 8 heteroatoms. The predicted molar refractivity (Wildman–Crippen MR) is 104 cm³/mol. The van der Waals surface area contributed by atoms with Gasteiger partial charge in [-0.25, -0.2) is 4.79 Å². The lowest BCUT2D eigenvalue weighted by molar-refractivity contribution is -0.121. The molecular formula is C18H27ClN4O3. The maximum atomic E-state index is 12.6. The van der Waals surface area contributed by atoms with Gasteiger partial charge in [-0.2, -0.15) is 0 Å². The van der Waals surface area contributed by atoms with Gasteiger partial charge < -0.3 is 25.6 Å². The van der Waals surface area contributed by atoms with Crippen LogP contribution in [0.1, 0.15) is 25.7 Å². The number of nitrogen functional groups attached to an aromatic ring is 1. The zero-order valence-corrected chi connectivity index (χ0v) is 15.9. The molecule has 0 aromatic heterocycles. The Kier molecular flexibility index (Phi) is 6.97. The molecule has 3 N–H and O–H groups in total. The highest BCUT2D eigenvalue weighted by atomic mass is 35.5. The number of carbonyl (C=O) groups excluding carboxylic acids is 2. The Labute approximate surface area is 160 Å². The van der Waals surface area contributed by atoms with E-state index in [2.05, 4.69) is 5.32 Å². The quantitative estimate of drug-likeness (QED) is 0.786. The summed E-state index contributed by atoms with van der Waals surface area (Å²) >= 11 is 0. The van der Waals surface area contributed by atoms with E-state index in [-0.39, 0.29) is 30.3 Å². The number of urea groups is 1. The Morgan fingerprint density at radius 1 is 1.15 bits per heavy atom. The van der Waals surface area contributed by atoms with Gasteiger partial charge in [-0.1, -0.05) is 0 Å². The molecule has 1 atom stereocenters. The first-order valence-corrected chi connectivity index (χ1v) is 8.86. The van der Waals surface area contributed by atoms with Gasteiger partial charge in [0.15, 0.2) is 0 Å². The number of nitrogens with two attached hydrogens (primary N) is 1. The summed E-state index contributed by atoms with van der Waals surface area (Å²) in [5, 5.41) is 2.89. The lowest BCUT2D eigenvalue weighted by Gasteiger charge is -2.34. The molecule has 2 aliphatic rings. The van der Waals surface area contributed by atoms with Gasteiger partial charge in [-0.15, -0.1) is 12.4 Å². The van der Waals surface area contributed by atoms with E-state index in [1.807, 2.05) is 9.80 Å². The van der Waals surface area contributed by atoms with Crippen molar-refractivity contribution in [3.63, 3.8) is 0 Å². The molecule has 2 aliphatic heterocycles. The number of halogens is 1. The number of hydrogen-bond acceptors (Lipinski definition) is 4. The summed E-state index contributed by atoms with van der Waals surface area (Å²) in [4.78, 5) is 28.9. The van der Waals surface area contributed by atoms with E-state index in [1.165, 1.54) is 0 Å². The highest BCUT2D eigenvalue weighted by molar-refractivity contribution is 5.96. The molecule has 1 aromatic rings. The van der Waals surface area contributed by atoms with Crippen molar-refractivity contribution in [2.45, 2.75) is 25.7 Å². The number of likely N-dealkylation sites (tertiary alicyclic amines) is 2. The van der Waals surface area contributed by atoms with Crippen LogP contribution < -0.4 is 15.8 Å². The van der Waals surface area contributed by atoms with Gasteiger partial charge in [-0.3, -0.25) is 4.79 Å². The Morgan fingerprint density at radius 2 is 1.85 bits per heavy atom. The molecule has 0 saturated carbocycles. The minimum atomic E-state index is -0.217. The maximum Gasteiger partial charge on any atom is 0.320 e. The summed E-state index contributed by atoms with van der Waals surface area (Å²) in [5.41, 5.74) is 6.98. The highest BCUT2D eigenvalue weighted by Crippen LogP contribution is 2.26. The molecule has 1 aromatic carbocycles. The lowest BCUT2D eigenvalue weighted by atomic mass is 9.97. The van der Waals surface area contributed by atoms with Crippen LogP contribution in [0.15, 0.2) is 18.2 Å². The van der Waals surface area contributed by atoms with E-state index < -0.39 is 0 Å². The largest absolute Gasteiger partial charge is 0.497 e. The van der Waals surface area contributed by atoms with Crippen LogP contribution >= 0.6 is 12.4 Å². The van der Waals surface area contributed by atoms with Gasteiger partial charge in [-0.05, 0) is 37.8 Å². The van der Waals surface area contributed by atoms with Crippen LogP contribution in [0.4, 0.5) is 16.2 Å². The monoisotopic (exact) mass is 382 g/mol. The fourth-order valence-corrected chi connectivity index (χ4v) is 3.48. The SMILES string of the molecule is COc1ccc(N)c(NC(=O)C2CCCN(C(=O)N3CCCC3)C2)c1.Cl. The molecule has 3 amide bonds. The van der Waals surface area contributed by atoms with Crippen molar-refractivity contribution in [3.05, 3.63) is 18.2 Å². The fourth-order valence-electron chi connectivity index (χ4n) is 3.48. The lowest BCUT2D eigenvalue weighted by Crippen LogP contribution is -2.48. The molecule has 1 unspecified atom stereocenters. The number of carbonyl (C=O) groups is 2. The second-order valence-corrected chi connectivity index (χ2v) is 6.70. The van der Waals surface area contributed by atoms with Crippen LogP contribution in [0.3, 0.4) is 0 Å². The minimum absolute atomic E-state index is 0. The van der Waals surface area contributed by atoms with Crippen molar-refractivity contribution >= 4 is 35.7 Å². The minimum Gasteiger partial charge on any atom is -0.497 e. The van der Waals surface area contributed by atoms with E-state index in [4.69, 9.17) is 10.5 Å². The van der Waals surface area contributed by atoms with Crippen LogP contribution in [-0.4, -0.2) is 55.0 Å². The molecule has 0 bridgehead atoms. The number of benzene rings is 1. The van der Waals surface area contributed by atoms with Gasteiger partial charge in [0.2, 0.25) is 5.91 Å². The second kappa shape index (κ2) is 8.98. The normalized spacial score (nSPS) is 19.7. The predicted octanol–water partition coefficient (Wildman–Crippen LogP) is 2.57. The molecule has 144 valence electrons. The van der Waals surface area contributed by atoms with Gasteiger partial charge >= 0.3 is 6.03 Å². The van der Waals surface area contributed by atoms with Crippen molar-refractivity contribution < 1.29 is 14.3 Å².